The molecule has 6 nitrogen and oxygen atoms in total. The summed E-state index contributed by atoms with van der Waals surface area (Å²) in [7, 11) is 0. The molecule has 5 aromatic rings. The number of nitrogens with one attached hydrogen (secondary N) is 1. The molecule has 0 saturated carbocycles. The Kier molecular flexibility index (Phi) is 3.24. The highest BCUT2D eigenvalue weighted by Crippen LogP contribution is 2.25. The monoisotopic (exact) mass is 344 g/mol. The highest BCUT2D eigenvalue weighted by molar-refractivity contribution is 5.89. The average molecular weight is 344 g/mol. The van der Waals surface area contributed by atoms with Crippen LogP contribution in [-0.4, -0.2) is 29.9 Å². The van der Waals surface area contributed by atoms with E-state index in [-0.39, 0.29) is 5.82 Å². The molecule has 0 spiro atoms. The van der Waals surface area contributed by atoms with Gasteiger partial charge in [-0.1, -0.05) is 12.1 Å². The Labute approximate surface area is 147 Å². The molecule has 26 heavy (non-hydrogen) atoms. The van der Waals surface area contributed by atoms with Gasteiger partial charge in [-0.05, 0) is 29.8 Å². The van der Waals surface area contributed by atoms with Crippen LogP contribution in [0.1, 0.15) is 11.3 Å². The number of aromatic nitrogens is 6. The van der Waals surface area contributed by atoms with Gasteiger partial charge < -0.3 is 0 Å². The van der Waals surface area contributed by atoms with E-state index in [9.17, 15) is 4.39 Å². The van der Waals surface area contributed by atoms with Crippen LogP contribution >= 0.6 is 0 Å². The van der Waals surface area contributed by atoms with Crippen LogP contribution in [0.3, 0.4) is 0 Å². The fraction of sp³-hybridized carbons (Fsp3) is 0.0526. The van der Waals surface area contributed by atoms with Gasteiger partial charge in [0.2, 0.25) is 0 Å². The molecule has 0 atom stereocenters. The number of aromatic amines is 1. The third-order valence-corrected chi connectivity index (χ3v) is 4.37. The van der Waals surface area contributed by atoms with Gasteiger partial charge in [-0.15, -0.1) is 0 Å². The van der Waals surface area contributed by atoms with Crippen LogP contribution in [0, 0.1) is 5.82 Å². The Hall–Kier alpha value is -3.61. The molecular weight excluding hydrogens is 331 g/mol. The van der Waals surface area contributed by atoms with E-state index in [1.807, 2.05) is 36.4 Å². The van der Waals surface area contributed by atoms with Crippen molar-refractivity contribution in [3.63, 3.8) is 0 Å². The van der Waals surface area contributed by atoms with Crippen LogP contribution in [-0.2, 0) is 6.42 Å². The molecule has 5 rings (SSSR count). The molecule has 0 saturated heterocycles. The summed E-state index contributed by atoms with van der Waals surface area (Å²) in [6, 6.07) is 11.2. The fourth-order valence-corrected chi connectivity index (χ4v) is 3.16. The van der Waals surface area contributed by atoms with Gasteiger partial charge in [0.1, 0.15) is 16.9 Å². The summed E-state index contributed by atoms with van der Waals surface area (Å²) < 4.78 is 16.0. The van der Waals surface area contributed by atoms with Crippen molar-refractivity contribution in [2.24, 2.45) is 0 Å². The maximum Gasteiger partial charge on any atom is 0.161 e. The molecule has 4 aromatic heterocycles. The molecule has 1 N–H and O–H groups in total. The molecule has 126 valence electrons. The maximum atomic E-state index is 14.4. The second-order valence-electron chi connectivity index (χ2n) is 6.01. The molecular formula is C19H13FN6. The first-order chi connectivity index (χ1) is 12.8. The van der Waals surface area contributed by atoms with Crippen molar-refractivity contribution >= 4 is 21.8 Å². The molecule has 0 amide bonds. The molecule has 0 aliphatic rings. The van der Waals surface area contributed by atoms with Crippen LogP contribution in [0.15, 0.2) is 61.2 Å². The fourth-order valence-electron chi connectivity index (χ4n) is 3.16. The standard InChI is InChI=1S/C19H13FN6/c20-15-11-22-19(26-8-2-7-23-26)13-5-4-12(9-14(13)15)10-17-18-16(24-25-17)3-1-6-21-18/h1-9,11H,10H2,(H,24,25). The smallest absolute Gasteiger partial charge is 0.161 e. The number of fused-ring (bicyclic) bond motifs is 2. The van der Waals surface area contributed by atoms with Crippen molar-refractivity contribution in [1.82, 2.24) is 29.9 Å². The number of benzene rings is 1. The van der Waals surface area contributed by atoms with Gasteiger partial charge >= 0.3 is 0 Å². The lowest BCUT2D eigenvalue weighted by molar-refractivity contribution is 0.632. The third-order valence-electron chi connectivity index (χ3n) is 4.37. The molecule has 0 unspecified atom stereocenters. The SMILES string of the molecule is Fc1cnc(-n2cccn2)c2ccc(Cc3[nH]nc4cccnc34)cc12. The highest BCUT2D eigenvalue weighted by Gasteiger charge is 2.12. The minimum absolute atomic E-state index is 0.356. The van der Waals surface area contributed by atoms with Crippen molar-refractivity contribution in [2.75, 3.05) is 0 Å². The number of H-pyrrole nitrogens is 1. The molecule has 1 aromatic carbocycles. The summed E-state index contributed by atoms with van der Waals surface area (Å²) in [6.07, 6.45) is 7.01. The van der Waals surface area contributed by atoms with E-state index in [4.69, 9.17) is 0 Å². The zero-order valence-corrected chi connectivity index (χ0v) is 13.6. The second kappa shape index (κ2) is 5.73. The van der Waals surface area contributed by atoms with Crippen LogP contribution in [0.4, 0.5) is 4.39 Å². The first kappa shape index (κ1) is 14.7. The van der Waals surface area contributed by atoms with Gasteiger partial charge in [0.15, 0.2) is 5.82 Å². The summed E-state index contributed by atoms with van der Waals surface area (Å²) >= 11 is 0. The minimum atomic E-state index is -0.356. The Morgan fingerprint density at radius 1 is 1.04 bits per heavy atom. The normalized spacial score (nSPS) is 11.4. The van der Waals surface area contributed by atoms with Gasteiger partial charge in [0.25, 0.3) is 0 Å². The Morgan fingerprint density at radius 3 is 2.88 bits per heavy atom. The number of pyridine rings is 2. The van der Waals surface area contributed by atoms with Crippen LogP contribution in [0.25, 0.3) is 27.6 Å². The van der Waals surface area contributed by atoms with E-state index in [0.717, 1.165) is 22.3 Å². The summed E-state index contributed by atoms with van der Waals surface area (Å²) in [5, 5.41) is 12.7. The largest absolute Gasteiger partial charge is 0.279 e. The first-order valence-electron chi connectivity index (χ1n) is 8.15. The van der Waals surface area contributed by atoms with Gasteiger partial charge in [0.05, 0.1) is 11.9 Å². The predicted molar refractivity (Wildman–Crippen MR) is 95.5 cm³/mol. The summed E-state index contributed by atoms with van der Waals surface area (Å²) in [5.41, 5.74) is 3.52. The maximum absolute atomic E-state index is 14.4. The molecule has 7 heteroatoms. The molecule has 0 aliphatic carbocycles. The van der Waals surface area contributed by atoms with Gasteiger partial charge in [0, 0.05) is 35.8 Å². The summed E-state index contributed by atoms with van der Waals surface area (Å²) in [4.78, 5) is 8.57. The summed E-state index contributed by atoms with van der Waals surface area (Å²) in [6.45, 7) is 0. The van der Waals surface area contributed by atoms with E-state index < -0.39 is 0 Å². The van der Waals surface area contributed by atoms with Crippen molar-refractivity contribution in [2.45, 2.75) is 6.42 Å². The van der Waals surface area contributed by atoms with Crippen LogP contribution in [0.2, 0.25) is 0 Å². The second-order valence-corrected chi connectivity index (χ2v) is 6.01. The van der Waals surface area contributed by atoms with E-state index in [1.54, 1.807) is 23.3 Å². The topological polar surface area (TPSA) is 72.3 Å². The van der Waals surface area contributed by atoms with Crippen molar-refractivity contribution in [1.29, 1.82) is 0 Å². The minimum Gasteiger partial charge on any atom is -0.279 e. The van der Waals surface area contributed by atoms with E-state index >= 15 is 0 Å². The number of halogens is 1. The third kappa shape index (κ3) is 2.33. The quantitative estimate of drug-likeness (QED) is 0.544. The zero-order chi connectivity index (χ0) is 17.5. The van der Waals surface area contributed by atoms with E-state index in [0.29, 0.717) is 23.0 Å². The summed E-state index contributed by atoms with van der Waals surface area (Å²) in [5.74, 6) is 0.247. The number of hydrogen-bond donors (Lipinski definition) is 1. The Bertz CT molecular complexity index is 1230. The van der Waals surface area contributed by atoms with Crippen molar-refractivity contribution in [3.8, 4) is 5.82 Å². The van der Waals surface area contributed by atoms with Gasteiger partial charge in [-0.2, -0.15) is 10.2 Å². The van der Waals surface area contributed by atoms with Crippen molar-refractivity contribution in [3.05, 3.63) is 78.3 Å². The highest BCUT2D eigenvalue weighted by atomic mass is 19.1. The predicted octanol–water partition coefficient (Wildman–Crippen LogP) is 3.42. The number of nitrogens with zero attached hydrogens (tertiary/aromatic N) is 5. The van der Waals surface area contributed by atoms with E-state index in [1.165, 1.54) is 6.20 Å². The Morgan fingerprint density at radius 2 is 2.00 bits per heavy atom. The van der Waals surface area contributed by atoms with Crippen LogP contribution in [0.5, 0.6) is 0 Å². The molecule has 0 radical (unpaired) electrons. The number of hydrogen-bond acceptors (Lipinski definition) is 4. The lowest BCUT2D eigenvalue weighted by atomic mass is 10.0. The zero-order valence-electron chi connectivity index (χ0n) is 13.6. The molecule has 4 heterocycles. The Balaban J connectivity index is 1.61. The lowest BCUT2D eigenvalue weighted by Gasteiger charge is -2.08. The lowest BCUT2D eigenvalue weighted by Crippen LogP contribution is -2.01. The average Bonchev–Trinajstić information content (AvgIpc) is 3.33. The molecule has 0 bridgehead atoms. The molecule has 0 aliphatic heterocycles. The van der Waals surface area contributed by atoms with Crippen LogP contribution < -0.4 is 0 Å². The number of rotatable bonds is 3. The van der Waals surface area contributed by atoms with Crippen molar-refractivity contribution < 1.29 is 4.39 Å². The molecule has 0 fully saturated rings. The van der Waals surface area contributed by atoms with Gasteiger partial charge in [-0.25, -0.2) is 14.1 Å². The van der Waals surface area contributed by atoms with E-state index in [2.05, 4.69) is 25.3 Å². The first-order valence-corrected chi connectivity index (χ1v) is 8.15. The van der Waals surface area contributed by atoms with Gasteiger partial charge in [-0.3, -0.25) is 10.1 Å².